The van der Waals surface area contributed by atoms with Crippen LogP contribution in [0.15, 0.2) is 42.5 Å². The minimum Gasteiger partial charge on any atom is -0.322 e. The van der Waals surface area contributed by atoms with Gasteiger partial charge in [0.2, 0.25) is 0 Å². The molecule has 19 heavy (non-hydrogen) atoms. The summed E-state index contributed by atoms with van der Waals surface area (Å²) in [5, 5.41) is 3.69. The van der Waals surface area contributed by atoms with Crippen LogP contribution in [0.1, 0.15) is 22.8 Å². The standard InChI is InChI=1S/C15H13Cl2NO/c1-2-10-3-5-14(6-4-10)18-15(19)11-7-12(16)9-13(17)8-11/h3-9H,2H2,1H3,(H,18,19). The zero-order chi connectivity index (χ0) is 13.8. The van der Waals surface area contributed by atoms with Crippen LogP contribution < -0.4 is 5.32 Å². The number of nitrogens with one attached hydrogen (secondary N) is 1. The molecule has 2 aromatic carbocycles. The summed E-state index contributed by atoms with van der Waals surface area (Å²) in [5.41, 5.74) is 2.42. The van der Waals surface area contributed by atoms with E-state index in [2.05, 4.69) is 12.2 Å². The second kappa shape index (κ2) is 6.09. The third kappa shape index (κ3) is 3.72. The molecule has 2 nitrogen and oxygen atoms in total. The van der Waals surface area contributed by atoms with Gasteiger partial charge in [-0.2, -0.15) is 0 Å². The lowest BCUT2D eigenvalue weighted by Crippen LogP contribution is -2.11. The van der Waals surface area contributed by atoms with Gasteiger partial charge in [-0.1, -0.05) is 42.3 Å². The Hall–Kier alpha value is -1.51. The van der Waals surface area contributed by atoms with Crippen molar-refractivity contribution in [3.8, 4) is 0 Å². The molecule has 1 amide bonds. The summed E-state index contributed by atoms with van der Waals surface area (Å²) in [4.78, 5) is 12.0. The zero-order valence-electron chi connectivity index (χ0n) is 10.4. The third-order valence-corrected chi connectivity index (χ3v) is 3.18. The van der Waals surface area contributed by atoms with Crippen LogP contribution >= 0.6 is 23.2 Å². The molecule has 4 heteroatoms. The molecule has 0 atom stereocenters. The number of carbonyl (C=O) groups excluding carboxylic acids is 1. The monoisotopic (exact) mass is 293 g/mol. The number of anilines is 1. The molecular formula is C15H13Cl2NO. The molecular weight excluding hydrogens is 281 g/mol. The van der Waals surface area contributed by atoms with Crippen molar-refractivity contribution in [3.05, 3.63) is 63.6 Å². The van der Waals surface area contributed by atoms with Crippen molar-refractivity contribution in [2.24, 2.45) is 0 Å². The van der Waals surface area contributed by atoms with Gasteiger partial charge in [-0.25, -0.2) is 0 Å². The molecule has 98 valence electrons. The average molecular weight is 294 g/mol. The maximum atomic E-state index is 12.0. The van der Waals surface area contributed by atoms with Crippen LogP contribution in [-0.4, -0.2) is 5.91 Å². The minimum atomic E-state index is -0.228. The molecule has 0 aromatic heterocycles. The highest BCUT2D eigenvalue weighted by molar-refractivity contribution is 6.35. The summed E-state index contributed by atoms with van der Waals surface area (Å²) in [6.07, 6.45) is 0.970. The van der Waals surface area contributed by atoms with Crippen LogP contribution in [0.2, 0.25) is 10.0 Å². The fraction of sp³-hybridized carbons (Fsp3) is 0.133. The van der Waals surface area contributed by atoms with Crippen molar-refractivity contribution in [3.63, 3.8) is 0 Å². The number of amides is 1. The Morgan fingerprint density at radius 1 is 1.05 bits per heavy atom. The molecule has 0 heterocycles. The van der Waals surface area contributed by atoms with E-state index in [1.807, 2.05) is 24.3 Å². The van der Waals surface area contributed by atoms with E-state index in [1.54, 1.807) is 18.2 Å². The molecule has 0 radical (unpaired) electrons. The van der Waals surface area contributed by atoms with Gasteiger partial charge in [-0.15, -0.1) is 0 Å². The summed E-state index contributed by atoms with van der Waals surface area (Å²) < 4.78 is 0. The van der Waals surface area contributed by atoms with Crippen molar-refractivity contribution >= 4 is 34.8 Å². The summed E-state index contributed by atoms with van der Waals surface area (Å²) in [7, 11) is 0. The second-order valence-electron chi connectivity index (χ2n) is 4.16. The van der Waals surface area contributed by atoms with Gasteiger partial charge in [0.15, 0.2) is 0 Å². The number of benzene rings is 2. The molecule has 2 aromatic rings. The van der Waals surface area contributed by atoms with Crippen LogP contribution in [0.5, 0.6) is 0 Å². The Kier molecular flexibility index (Phi) is 4.46. The van der Waals surface area contributed by atoms with E-state index >= 15 is 0 Å². The molecule has 2 rings (SSSR count). The van der Waals surface area contributed by atoms with Gasteiger partial charge in [0.1, 0.15) is 0 Å². The number of aryl methyl sites for hydroxylation is 1. The molecule has 0 unspecified atom stereocenters. The lowest BCUT2D eigenvalue weighted by molar-refractivity contribution is 0.102. The molecule has 0 spiro atoms. The molecule has 0 aliphatic rings. The number of carbonyl (C=O) groups is 1. The van der Waals surface area contributed by atoms with Gasteiger partial charge in [-0.05, 0) is 42.3 Å². The summed E-state index contributed by atoms with van der Waals surface area (Å²) >= 11 is 11.7. The summed E-state index contributed by atoms with van der Waals surface area (Å²) in [6.45, 7) is 2.08. The Balaban J connectivity index is 2.15. The van der Waals surface area contributed by atoms with Gasteiger partial charge in [-0.3, -0.25) is 4.79 Å². The highest BCUT2D eigenvalue weighted by Crippen LogP contribution is 2.20. The Morgan fingerprint density at radius 3 is 2.16 bits per heavy atom. The maximum absolute atomic E-state index is 12.0. The van der Waals surface area contributed by atoms with Gasteiger partial charge >= 0.3 is 0 Å². The van der Waals surface area contributed by atoms with E-state index in [4.69, 9.17) is 23.2 Å². The SMILES string of the molecule is CCc1ccc(NC(=O)c2cc(Cl)cc(Cl)c2)cc1. The van der Waals surface area contributed by atoms with E-state index in [9.17, 15) is 4.79 Å². The minimum absolute atomic E-state index is 0.228. The van der Waals surface area contributed by atoms with E-state index in [0.29, 0.717) is 15.6 Å². The van der Waals surface area contributed by atoms with Gasteiger partial charge in [0, 0.05) is 21.3 Å². The zero-order valence-corrected chi connectivity index (χ0v) is 11.9. The Bertz CT molecular complexity index is 573. The number of halogens is 2. The normalized spacial score (nSPS) is 10.3. The Morgan fingerprint density at radius 2 is 1.63 bits per heavy atom. The molecule has 0 aliphatic heterocycles. The topological polar surface area (TPSA) is 29.1 Å². The quantitative estimate of drug-likeness (QED) is 0.865. The fourth-order valence-electron chi connectivity index (χ4n) is 1.71. The number of rotatable bonds is 3. The maximum Gasteiger partial charge on any atom is 0.255 e. The summed E-state index contributed by atoms with van der Waals surface area (Å²) in [6, 6.07) is 12.5. The molecule has 0 saturated carbocycles. The number of hydrogen-bond donors (Lipinski definition) is 1. The first kappa shape index (κ1) is 13.9. The Labute approximate surface area is 122 Å². The largest absolute Gasteiger partial charge is 0.322 e. The van der Waals surface area contributed by atoms with Crippen LogP contribution in [0.25, 0.3) is 0 Å². The average Bonchev–Trinajstić information content (AvgIpc) is 2.38. The van der Waals surface area contributed by atoms with E-state index in [0.717, 1.165) is 12.1 Å². The predicted molar refractivity (Wildman–Crippen MR) is 80.2 cm³/mol. The van der Waals surface area contributed by atoms with Crippen LogP contribution in [-0.2, 0) is 6.42 Å². The molecule has 0 bridgehead atoms. The van der Waals surface area contributed by atoms with Crippen LogP contribution in [0.4, 0.5) is 5.69 Å². The first-order chi connectivity index (χ1) is 9.08. The van der Waals surface area contributed by atoms with Crippen molar-refractivity contribution in [2.45, 2.75) is 13.3 Å². The van der Waals surface area contributed by atoms with Crippen LogP contribution in [0.3, 0.4) is 0 Å². The van der Waals surface area contributed by atoms with E-state index < -0.39 is 0 Å². The molecule has 1 N–H and O–H groups in total. The summed E-state index contributed by atoms with van der Waals surface area (Å²) in [5.74, 6) is -0.228. The lowest BCUT2D eigenvalue weighted by Gasteiger charge is -2.07. The predicted octanol–water partition coefficient (Wildman–Crippen LogP) is 4.81. The van der Waals surface area contributed by atoms with E-state index in [-0.39, 0.29) is 5.91 Å². The third-order valence-electron chi connectivity index (χ3n) is 2.74. The van der Waals surface area contributed by atoms with Crippen molar-refractivity contribution in [2.75, 3.05) is 5.32 Å². The van der Waals surface area contributed by atoms with Gasteiger partial charge < -0.3 is 5.32 Å². The highest BCUT2D eigenvalue weighted by Gasteiger charge is 2.08. The lowest BCUT2D eigenvalue weighted by atomic mass is 10.1. The fourth-order valence-corrected chi connectivity index (χ4v) is 2.24. The van der Waals surface area contributed by atoms with Crippen molar-refractivity contribution in [1.82, 2.24) is 0 Å². The van der Waals surface area contributed by atoms with Crippen molar-refractivity contribution < 1.29 is 4.79 Å². The van der Waals surface area contributed by atoms with E-state index in [1.165, 1.54) is 5.56 Å². The molecule has 0 aliphatic carbocycles. The highest BCUT2D eigenvalue weighted by atomic mass is 35.5. The molecule has 0 fully saturated rings. The number of hydrogen-bond acceptors (Lipinski definition) is 1. The second-order valence-corrected chi connectivity index (χ2v) is 5.04. The van der Waals surface area contributed by atoms with Crippen molar-refractivity contribution in [1.29, 1.82) is 0 Å². The smallest absolute Gasteiger partial charge is 0.255 e. The molecule has 0 saturated heterocycles. The van der Waals surface area contributed by atoms with Gasteiger partial charge in [0.05, 0.1) is 0 Å². The van der Waals surface area contributed by atoms with Crippen LogP contribution in [0, 0.1) is 0 Å². The van der Waals surface area contributed by atoms with Gasteiger partial charge in [0.25, 0.3) is 5.91 Å². The first-order valence-electron chi connectivity index (χ1n) is 5.95. The first-order valence-corrected chi connectivity index (χ1v) is 6.70.